The highest BCUT2D eigenvalue weighted by Crippen LogP contribution is 2.30. The molecule has 0 aromatic heterocycles. The fraction of sp³-hybridized carbons (Fsp3) is 0.467. The van der Waals surface area contributed by atoms with Crippen LogP contribution in [0.1, 0.15) is 33.8 Å². The van der Waals surface area contributed by atoms with Crippen LogP contribution in [-0.4, -0.2) is 53.5 Å². The third-order valence-electron chi connectivity index (χ3n) is 3.94. The second-order valence-electron chi connectivity index (χ2n) is 5.25. The van der Waals surface area contributed by atoms with Gasteiger partial charge in [-0.15, -0.1) is 0 Å². The maximum absolute atomic E-state index is 11.5. The normalized spacial score (nSPS) is 22.0. The van der Waals surface area contributed by atoms with Crippen molar-refractivity contribution in [2.75, 3.05) is 20.2 Å². The van der Waals surface area contributed by atoms with Gasteiger partial charge in [-0.2, -0.15) is 0 Å². The molecule has 21 heavy (non-hydrogen) atoms. The molecule has 2 rings (SSSR count). The lowest BCUT2D eigenvalue weighted by atomic mass is 9.85. The first kappa shape index (κ1) is 15.3. The van der Waals surface area contributed by atoms with Crippen molar-refractivity contribution < 1.29 is 24.5 Å². The zero-order chi connectivity index (χ0) is 15.6. The second-order valence-corrected chi connectivity index (χ2v) is 5.25. The van der Waals surface area contributed by atoms with Gasteiger partial charge >= 0.3 is 12.1 Å². The molecular weight excluding hydrogens is 274 g/mol. The van der Waals surface area contributed by atoms with E-state index in [1.165, 1.54) is 12.0 Å². The molecule has 1 saturated heterocycles. The molecule has 1 fully saturated rings. The number of esters is 1. The van der Waals surface area contributed by atoms with E-state index in [4.69, 9.17) is 5.11 Å². The molecule has 1 aromatic carbocycles. The number of ether oxygens (including phenoxy) is 1. The average molecular weight is 293 g/mol. The van der Waals surface area contributed by atoms with E-state index in [2.05, 4.69) is 4.74 Å². The van der Waals surface area contributed by atoms with Crippen LogP contribution in [0.5, 0.6) is 0 Å². The van der Waals surface area contributed by atoms with Gasteiger partial charge in [0.15, 0.2) is 0 Å². The van der Waals surface area contributed by atoms with Crippen molar-refractivity contribution in [3.8, 4) is 0 Å². The van der Waals surface area contributed by atoms with E-state index in [-0.39, 0.29) is 12.5 Å². The number of likely N-dealkylation sites (tertiary alicyclic amines) is 1. The second kappa shape index (κ2) is 6.13. The summed E-state index contributed by atoms with van der Waals surface area (Å²) in [4.78, 5) is 23.9. The van der Waals surface area contributed by atoms with Crippen molar-refractivity contribution in [2.45, 2.75) is 25.4 Å². The molecule has 0 aliphatic carbocycles. The molecular formula is C15H19NO5. The molecule has 1 aliphatic heterocycles. The van der Waals surface area contributed by atoms with Crippen molar-refractivity contribution in [1.82, 2.24) is 4.90 Å². The van der Waals surface area contributed by atoms with E-state index < -0.39 is 18.2 Å². The number of amides is 1. The summed E-state index contributed by atoms with van der Waals surface area (Å²) in [7, 11) is 1.32. The minimum absolute atomic E-state index is 0.259. The van der Waals surface area contributed by atoms with Crippen molar-refractivity contribution in [3.05, 3.63) is 34.9 Å². The van der Waals surface area contributed by atoms with Crippen LogP contribution in [0.2, 0.25) is 0 Å². The van der Waals surface area contributed by atoms with Crippen LogP contribution < -0.4 is 0 Å². The van der Waals surface area contributed by atoms with Gasteiger partial charge < -0.3 is 19.8 Å². The number of methoxy groups -OCH3 is 1. The van der Waals surface area contributed by atoms with E-state index in [0.29, 0.717) is 18.5 Å². The van der Waals surface area contributed by atoms with E-state index in [1.807, 2.05) is 6.92 Å². The molecule has 0 spiro atoms. The Morgan fingerprint density at radius 2 is 2.10 bits per heavy atom. The van der Waals surface area contributed by atoms with Crippen molar-refractivity contribution in [1.29, 1.82) is 0 Å². The van der Waals surface area contributed by atoms with Gasteiger partial charge in [-0.3, -0.25) is 0 Å². The number of carboxylic acid groups (broad SMARTS) is 1. The van der Waals surface area contributed by atoms with Crippen LogP contribution in [0.25, 0.3) is 0 Å². The highest BCUT2D eigenvalue weighted by Gasteiger charge is 2.32. The summed E-state index contributed by atoms with van der Waals surface area (Å²) in [5.74, 6) is -0.692. The maximum atomic E-state index is 11.5. The standard InChI is InChI=1S/C15H19NO5/c1-9-7-10(14(18)21-2)3-4-11(9)12-8-16(15(19)20)6-5-13(12)17/h3-4,7,12-13,17H,5-6,8H2,1-2H3,(H,19,20). The molecule has 114 valence electrons. The van der Waals surface area contributed by atoms with Gasteiger partial charge in [0.1, 0.15) is 0 Å². The Balaban J connectivity index is 2.27. The molecule has 0 bridgehead atoms. The number of piperidine rings is 1. The molecule has 2 N–H and O–H groups in total. The summed E-state index contributed by atoms with van der Waals surface area (Å²) in [5.41, 5.74) is 2.15. The molecule has 1 aromatic rings. The predicted molar refractivity (Wildman–Crippen MR) is 75.5 cm³/mol. The lowest BCUT2D eigenvalue weighted by Gasteiger charge is -2.35. The Labute approximate surface area is 122 Å². The van der Waals surface area contributed by atoms with Gasteiger partial charge in [-0.05, 0) is 36.6 Å². The van der Waals surface area contributed by atoms with Crippen molar-refractivity contribution in [3.63, 3.8) is 0 Å². The molecule has 0 saturated carbocycles. The zero-order valence-corrected chi connectivity index (χ0v) is 12.1. The van der Waals surface area contributed by atoms with Crippen LogP contribution in [0.4, 0.5) is 4.79 Å². The van der Waals surface area contributed by atoms with E-state index in [9.17, 15) is 14.7 Å². The number of aryl methyl sites for hydroxylation is 1. The molecule has 2 atom stereocenters. The average Bonchev–Trinajstić information content (AvgIpc) is 2.47. The molecule has 6 heteroatoms. The monoisotopic (exact) mass is 293 g/mol. The van der Waals surface area contributed by atoms with E-state index in [1.54, 1.807) is 18.2 Å². The first-order chi connectivity index (χ1) is 9.93. The summed E-state index contributed by atoms with van der Waals surface area (Å²) < 4.78 is 4.67. The minimum Gasteiger partial charge on any atom is -0.465 e. The third kappa shape index (κ3) is 3.16. The van der Waals surface area contributed by atoms with Gasteiger partial charge in [0.05, 0.1) is 18.8 Å². The Bertz CT molecular complexity index is 557. The Morgan fingerprint density at radius 1 is 1.38 bits per heavy atom. The first-order valence-corrected chi connectivity index (χ1v) is 6.79. The summed E-state index contributed by atoms with van der Waals surface area (Å²) in [6.07, 6.45) is -1.14. The third-order valence-corrected chi connectivity index (χ3v) is 3.94. The highest BCUT2D eigenvalue weighted by atomic mass is 16.5. The SMILES string of the molecule is COC(=O)c1ccc(C2CN(C(=O)O)CCC2O)c(C)c1. The van der Waals surface area contributed by atoms with Crippen molar-refractivity contribution >= 4 is 12.1 Å². The van der Waals surface area contributed by atoms with E-state index in [0.717, 1.165) is 11.1 Å². The minimum atomic E-state index is -0.976. The Hall–Kier alpha value is -2.08. The number of hydrogen-bond donors (Lipinski definition) is 2. The number of carbonyl (C=O) groups is 2. The largest absolute Gasteiger partial charge is 0.465 e. The number of carbonyl (C=O) groups excluding carboxylic acids is 1. The zero-order valence-electron chi connectivity index (χ0n) is 12.1. The van der Waals surface area contributed by atoms with Crippen LogP contribution in [0.3, 0.4) is 0 Å². The molecule has 1 amide bonds. The maximum Gasteiger partial charge on any atom is 0.407 e. The lowest BCUT2D eigenvalue weighted by molar-refractivity contribution is 0.0584. The van der Waals surface area contributed by atoms with Crippen molar-refractivity contribution in [2.24, 2.45) is 0 Å². The predicted octanol–water partition coefficient (Wildman–Crippen LogP) is 1.61. The number of hydrogen-bond acceptors (Lipinski definition) is 4. The van der Waals surface area contributed by atoms with Crippen LogP contribution in [-0.2, 0) is 4.74 Å². The summed E-state index contributed by atoms with van der Waals surface area (Å²) in [5, 5.41) is 19.3. The van der Waals surface area contributed by atoms with E-state index >= 15 is 0 Å². The fourth-order valence-electron chi connectivity index (χ4n) is 2.76. The highest BCUT2D eigenvalue weighted by molar-refractivity contribution is 5.89. The molecule has 6 nitrogen and oxygen atoms in total. The molecule has 1 aliphatic rings. The fourth-order valence-corrected chi connectivity index (χ4v) is 2.76. The molecule has 0 radical (unpaired) electrons. The van der Waals surface area contributed by atoms with Crippen LogP contribution in [0, 0.1) is 6.92 Å². The Morgan fingerprint density at radius 3 is 2.67 bits per heavy atom. The topological polar surface area (TPSA) is 87.1 Å². The quantitative estimate of drug-likeness (QED) is 0.809. The van der Waals surface area contributed by atoms with Gasteiger partial charge in [0.25, 0.3) is 0 Å². The first-order valence-electron chi connectivity index (χ1n) is 6.79. The summed E-state index contributed by atoms with van der Waals surface area (Å²) in [6.45, 7) is 2.44. The Kier molecular flexibility index (Phi) is 4.47. The van der Waals surface area contributed by atoms with Gasteiger partial charge in [-0.25, -0.2) is 9.59 Å². The van der Waals surface area contributed by atoms with Gasteiger partial charge in [0.2, 0.25) is 0 Å². The lowest BCUT2D eigenvalue weighted by Crippen LogP contribution is -2.44. The summed E-state index contributed by atoms with van der Waals surface area (Å²) in [6, 6.07) is 5.11. The number of aliphatic hydroxyl groups excluding tert-OH is 1. The van der Waals surface area contributed by atoms with Gasteiger partial charge in [0, 0.05) is 19.0 Å². The smallest absolute Gasteiger partial charge is 0.407 e. The summed E-state index contributed by atoms with van der Waals surface area (Å²) >= 11 is 0. The van der Waals surface area contributed by atoms with Crippen LogP contribution >= 0.6 is 0 Å². The number of aliphatic hydroxyl groups is 1. The molecule has 1 heterocycles. The molecule has 2 unspecified atom stereocenters. The van der Waals surface area contributed by atoms with Crippen LogP contribution in [0.15, 0.2) is 18.2 Å². The number of benzene rings is 1. The number of rotatable bonds is 2. The van der Waals surface area contributed by atoms with Gasteiger partial charge in [-0.1, -0.05) is 6.07 Å². The number of nitrogens with zero attached hydrogens (tertiary/aromatic N) is 1.